The normalized spacial score (nSPS) is 20.8. The first kappa shape index (κ1) is 16.8. The molecule has 1 unspecified atom stereocenters. The van der Waals surface area contributed by atoms with Crippen molar-refractivity contribution in [3.63, 3.8) is 0 Å². The third-order valence-electron chi connectivity index (χ3n) is 4.67. The van der Waals surface area contributed by atoms with E-state index in [9.17, 15) is 9.59 Å². The van der Waals surface area contributed by atoms with Crippen LogP contribution in [0.2, 0.25) is 0 Å². The van der Waals surface area contributed by atoms with Crippen LogP contribution < -0.4 is 0 Å². The van der Waals surface area contributed by atoms with Gasteiger partial charge in [0.2, 0.25) is 0 Å². The monoisotopic (exact) mass is 332 g/mol. The van der Waals surface area contributed by atoms with E-state index in [-0.39, 0.29) is 31.3 Å². The van der Waals surface area contributed by atoms with Gasteiger partial charge >= 0.3 is 12.1 Å². The summed E-state index contributed by atoms with van der Waals surface area (Å²) in [5.41, 5.74) is 0.968. The third kappa shape index (κ3) is 4.47. The van der Waals surface area contributed by atoms with Crippen LogP contribution in [0.1, 0.15) is 31.2 Å². The number of rotatable bonds is 7. The van der Waals surface area contributed by atoms with E-state index in [1.165, 1.54) is 0 Å². The molecule has 0 spiro atoms. The van der Waals surface area contributed by atoms with Crippen LogP contribution in [0.15, 0.2) is 30.3 Å². The lowest BCUT2D eigenvalue weighted by molar-refractivity contribution is -0.138. The van der Waals surface area contributed by atoms with Gasteiger partial charge in [0.1, 0.15) is 6.61 Å². The highest BCUT2D eigenvalue weighted by molar-refractivity contribution is 5.69. The van der Waals surface area contributed by atoms with Crippen molar-refractivity contribution >= 4 is 12.1 Å². The van der Waals surface area contributed by atoms with Crippen molar-refractivity contribution in [2.75, 3.05) is 19.6 Å². The molecule has 1 aliphatic heterocycles. The molecule has 1 aromatic rings. The molecule has 130 valence electrons. The topological polar surface area (TPSA) is 70.1 Å². The molecule has 6 heteroatoms. The van der Waals surface area contributed by atoms with Gasteiger partial charge in [-0.05, 0) is 37.8 Å². The van der Waals surface area contributed by atoms with Crippen molar-refractivity contribution in [2.24, 2.45) is 0 Å². The number of hydrogen-bond donors (Lipinski definition) is 1. The molecule has 0 radical (unpaired) electrons. The summed E-state index contributed by atoms with van der Waals surface area (Å²) in [6.07, 6.45) is 3.64. The maximum absolute atomic E-state index is 12.5. The lowest BCUT2D eigenvalue weighted by atomic mass is 10.2. The van der Waals surface area contributed by atoms with Gasteiger partial charge in [0.25, 0.3) is 0 Å². The van der Waals surface area contributed by atoms with E-state index in [2.05, 4.69) is 0 Å². The fraction of sp³-hybridized carbons (Fsp3) is 0.556. The average molecular weight is 332 g/mol. The highest BCUT2D eigenvalue weighted by Gasteiger charge is 2.37. The summed E-state index contributed by atoms with van der Waals surface area (Å²) in [5, 5.41) is 9.02. The van der Waals surface area contributed by atoms with Crippen LogP contribution in [0.25, 0.3) is 0 Å². The van der Waals surface area contributed by atoms with Crippen LogP contribution in [-0.2, 0) is 16.1 Å². The number of carbonyl (C=O) groups is 2. The SMILES string of the molecule is O=C(O)CN1CCCC1CN(C(=O)OCc1ccccc1)C1CC1. The van der Waals surface area contributed by atoms with E-state index in [1.54, 1.807) is 4.90 Å². The Hall–Kier alpha value is -2.08. The summed E-state index contributed by atoms with van der Waals surface area (Å²) in [6, 6.07) is 10.00. The number of carboxylic acids is 1. The number of carbonyl (C=O) groups excluding carboxylic acids is 1. The molecule has 1 saturated heterocycles. The quantitative estimate of drug-likeness (QED) is 0.830. The van der Waals surface area contributed by atoms with Gasteiger partial charge in [-0.2, -0.15) is 0 Å². The Kier molecular flexibility index (Phi) is 5.35. The van der Waals surface area contributed by atoms with E-state index in [4.69, 9.17) is 9.84 Å². The van der Waals surface area contributed by atoms with Gasteiger partial charge in [0.05, 0.1) is 6.54 Å². The summed E-state index contributed by atoms with van der Waals surface area (Å²) >= 11 is 0. The minimum atomic E-state index is -0.813. The first-order valence-electron chi connectivity index (χ1n) is 8.56. The number of ether oxygens (including phenoxy) is 1. The molecule has 1 heterocycles. The number of carboxylic acid groups (broad SMARTS) is 1. The summed E-state index contributed by atoms with van der Waals surface area (Å²) in [5.74, 6) is -0.813. The second-order valence-corrected chi connectivity index (χ2v) is 6.58. The van der Waals surface area contributed by atoms with Crippen LogP contribution in [0, 0.1) is 0 Å². The zero-order valence-corrected chi connectivity index (χ0v) is 13.8. The molecule has 1 aliphatic carbocycles. The van der Waals surface area contributed by atoms with E-state index < -0.39 is 5.97 Å². The molecule has 1 saturated carbocycles. The van der Waals surface area contributed by atoms with Gasteiger partial charge in [-0.25, -0.2) is 4.79 Å². The molecule has 0 aromatic heterocycles. The number of aliphatic carboxylic acids is 1. The molecule has 3 rings (SSSR count). The summed E-state index contributed by atoms with van der Waals surface area (Å²) in [4.78, 5) is 27.2. The zero-order valence-electron chi connectivity index (χ0n) is 13.8. The van der Waals surface area contributed by atoms with Crippen molar-refractivity contribution < 1.29 is 19.4 Å². The highest BCUT2D eigenvalue weighted by atomic mass is 16.6. The molecule has 24 heavy (non-hydrogen) atoms. The molecule has 2 fully saturated rings. The average Bonchev–Trinajstić information content (AvgIpc) is 3.32. The van der Waals surface area contributed by atoms with Gasteiger partial charge in [0, 0.05) is 18.6 Å². The molecule has 6 nitrogen and oxygen atoms in total. The Morgan fingerprint density at radius 1 is 1.21 bits per heavy atom. The van der Waals surface area contributed by atoms with Gasteiger partial charge in [-0.1, -0.05) is 30.3 Å². The fourth-order valence-electron chi connectivity index (χ4n) is 3.27. The van der Waals surface area contributed by atoms with Crippen molar-refractivity contribution in [3.05, 3.63) is 35.9 Å². The Morgan fingerprint density at radius 2 is 1.96 bits per heavy atom. The Morgan fingerprint density at radius 3 is 2.62 bits per heavy atom. The second kappa shape index (κ2) is 7.66. The standard InChI is InChI=1S/C18H24N2O4/c21-17(22)12-19-10-4-7-16(19)11-20(15-8-9-15)18(23)24-13-14-5-2-1-3-6-14/h1-3,5-6,15-16H,4,7-13H2,(H,21,22). The largest absolute Gasteiger partial charge is 0.480 e. The van der Waals surface area contributed by atoms with Gasteiger partial charge < -0.3 is 14.7 Å². The molecular weight excluding hydrogens is 308 g/mol. The predicted molar refractivity (Wildman–Crippen MR) is 88.6 cm³/mol. The number of likely N-dealkylation sites (tertiary alicyclic amines) is 1. The Labute approximate surface area is 142 Å². The van der Waals surface area contributed by atoms with Crippen molar-refractivity contribution in [1.82, 2.24) is 9.80 Å². The van der Waals surface area contributed by atoms with Crippen LogP contribution in [0.5, 0.6) is 0 Å². The third-order valence-corrected chi connectivity index (χ3v) is 4.67. The zero-order chi connectivity index (χ0) is 16.9. The molecule has 2 aliphatic rings. The maximum Gasteiger partial charge on any atom is 0.410 e. The van der Waals surface area contributed by atoms with Gasteiger partial charge in [-0.3, -0.25) is 9.69 Å². The van der Waals surface area contributed by atoms with Crippen LogP contribution >= 0.6 is 0 Å². The number of nitrogens with zero attached hydrogens (tertiary/aromatic N) is 2. The fourth-order valence-corrected chi connectivity index (χ4v) is 3.27. The molecule has 0 bridgehead atoms. The summed E-state index contributed by atoms with van der Waals surface area (Å²) < 4.78 is 5.47. The summed E-state index contributed by atoms with van der Waals surface area (Å²) in [6.45, 7) is 1.66. The van der Waals surface area contributed by atoms with Crippen LogP contribution in [0.4, 0.5) is 4.79 Å². The smallest absolute Gasteiger partial charge is 0.410 e. The van der Waals surface area contributed by atoms with Crippen LogP contribution in [-0.4, -0.2) is 58.7 Å². The number of amides is 1. The molecule has 1 N–H and O–H groups in total. The number of hydrogen-bond acceptors (Lipinski definition) is 4. The first-order chi connectivity index (χ1) is 11.6. The molecule has 1 amide bonds. The first-order valence-corrected chi connectivity index (χ1v) is 8.56. The predicted octanol–water partition coefficient (Wildman–Crippen LogP) is 2.34. The van der Waals surface area contributed by atoms with E-state index in [0.29, 0.717) is 6.54 Å². The minimum absolute atomic E-state index is 0.0439. The van der Waals surface area contributed by atoms with E-state index >= 15 is 0 Å². The van der Waals surface area contributed by atoms with Gasteiger partial charge in [-0.15, -0.1) is 0 Å². The second-order valence-electron chi connectivity index (χ2n) is 6.58. The van der Waals surface area contributed by atoms with Gasteiger partial charge in [0.15, 0.2) is 0 Å². The number of benzene rings is 1. The lowest BCUT2D eigenvalue weighted by Gasteiger charge is -2.29. The minimum Gasteiger partial charge on any atom is -0.480 e. The molecule has 1 aromatic carbocycles. The molecular formula is C18H24N2O4. The van der Waals surface area contributed by atoms with Crippen molar-refractivity contribution in [3.8, 4) is 0 Å². The van der Waals surface area contributed by atoms with Crippen molar-refractivity contribution in [2.45, 2.75) is 44.4 Å². The van der Waals surface area contributed by atoms with E-state index in [1.807, 2.05) is 35.2 Å². The lowest BCUT2D eigenvalue weighted by Crippen LogP contribution is -2.45. The Balaban J connectivity index is 1.56. The van der Waals surface area contributed by atoms with E-state index in [0.717, 1.165) is 37.8 Å². The maximum atomic E-state index is 12.5. The molecule has 1 atom stereocenters. The Bertz CT molecular complexity index is 574. The van der Waals surface area contributed by atoms with Crippen LogP contribution in [0.3, 0.4) is 0 Å². The van der Waals surface area contributed by atoms with Crippen molar-refractivity contribution in [1.29, 1.82) is 0 Å². The highest BCUT2D eigenvalue weighted by Crippen LogP contribution is 2.30. The summed E-state index contributed by atoms with van der Waals surface area (Å²) in [7, 11) is 0.